The van der Waals surface area contributed by atoms with Gasteiger partial charge in [0.25, 0.3) is 0 Å². The Kier molecular flexibility index (Phi) is 5.58. The molecule has 0 bridgehead atoms. The van der Waals surface area contributed by atoms with Crippen molar-refractivity contribution in [1.29, 1.82) is 0 Å². The van der Waals surface area contributed by atoms with Gasteiger partial charge < -0.3 is 9.52 Å². The van der Waals surface area contributed by atoms with E-state index in [1.54, 1.807) is 0 Å². The molecule has 0 aliphatic carbocycles. The van der Waals surface area contributed by atoms with Crippen molar-refractivity contribution < 1.29 is 14.3 Å². The number of carboxylic acids is 1. The van der Waals surface area contributed by atoms with Crippen LogP contribution in [0, 0.1) is 6.92 Å². The average Bonchev–Trinajstić information content (AvgIpc) is 3.12. The van der Waals surface area contributed by atoms with Crippen LogP contribution in [0.4, 0.5) is 0 Å². The normalized spacial score (nSPS) is 16.4. The van der Waals surface area contributed by atoms with Gasteiger partial charge in [0.15, 0.2) is 0 Å². The molecule has 0 spiro atoms. The molecule has 1 N–H and O–H groups in total. The van der Waals surface area contributed by atoms with Crippen LogP contribution < -0.4 is 0 Å². The molecule has 6 heteroatoms. The maximum Gasteiger partial charge on any atom is 0.303 e. The highest BCUT2D eigenvalue weighted by Crippen LogP contribution is 2.23. The highest BCUT2D eigenvalue weighted by atomic mass is 16.4. The van der Waals surface area contributed by atoms with Crippen molar-refractivity contribution in [2.24, 2.45) is 0 Å². The molecule has 3 rings (SSSR count). The van der Waals surface area contributed by atoms with Gasteiger partial charge in [0.05, 0.1) is 17.8 Å². The minimum Gasteiger partial charge on any atom is -0.481 e. The third-order valence-corrected chi connectivity index (χ3v) is 4.86. The molecule has 0 radical (unpaired) electrons. The lowest BCUT2D eigenvalue weighted by Gasteiger charge is -2.21. The van der Waals surface area contributed by atoms with Crippen LogP contribution in [0.2, 0.25) is 0 Å². The zero-order valence-corrected chi connectivity index (χ0v) is 15.1. The highest BCUT2D eigenvalue weighted by molar-refractivity contribution is 5.66. The Morgan fingerprint density at radius 2 is 2.24 bits per heavy atom. The summed E-state index contributed by atoms with van der Waals surface area (Å²) in [6.45, 7) is 8.07. The molecule has 1 aliphatic heterocycles. The second-order valence-corrected chi connectivity index (χ2v) is 7.01. The van der Waals surface area contributed by atoms with Crippen LogP contribution in [-0.2, 0) is 24.3 Å². The fraction of sp³-hybridized carbons (Fsp3) is 0.579. The fourth-order valence-corrected chi connectivity index (χ4v) is 3.37. The number of nitrogens with zero attached hydrogens (tertiary/aromatic N) is 3. The molecule has 0 saturated heterocycles. The summed E-state index contributed by atoms with van der Waals surface area (Å²) in [4.78, 5) is 13.2. The maximum absolute atomic E-state index is 10.7. The third-order valence-electron chi connectivity index (χ3n) is 4.86. The molecular formula is C19H27N3O3. The second kappa shape index (κ2) is 7.87. The van der Waals surface area contributed by atoms with Crippen LogP contribution in [-0.4, -0.2) is 38.8 Å². The Bertz CT molecular complexity index is 719. The number of hydrogen-bond donors (Lipinski definition) is 1. The van der Waals surface area contributed by atoms with Gasteiger partial charge in [0.1, 0.15) is 11.5 Å². The molecule has 6 nitrogen and oxygen atoms in total. The monoisotopic (exact) mass is 345 g/mol. The lowest BCUT2D eigenvalue weighted by Crippen LogP contribution is -2.25. The Morgan fingerprint density at radius 1 is 1.40 bits per heavy atom. The number of fused-ring (bicyclic) bond motifs is 1. The predicted molar refractivity (Wildman–Crippen MR) is 94.6 cm³/mol. The summed E-state index contributed by atoms with van der Waals surface area (Å²) < 4.78 is 7.79. The smallest absolute Gasteiger partial charge is 0.303 e. The van der Waals surface area contributed by atoms with E-state index in [1.807, 2.05) is 13.0 Å². The van der Waals surface area contributed by atoms with Crippen LogP contribution in [0.3, 0.4) is 0 Å². The first-order chi connectivity index (χ1) is 12.0. The van der Waals surface area contributed by atoms with Crippen LogP contribution >= 0.6 is 0 Å². The Hall–Kier alpha value is -2.08. The van der Waals surface area contributed by atoms with Crippen LogP contribution in [0.15, 0.2) is 22.6 Å². The van der Waals surface area contributed by atoms with Crippen LogP contribution in [0.25, 0.3) is 0 Å². The van der Waals surface area contributed by atoms with E-state index < -0.39 is 5.97 Å². The van der Waals surface area contributed by atoms with Gasteiger partial charge in [0.2, 0.25) is 0 Å². The van der Waals surface area contributed by atoms with Crippen molar-refractivity contribution in [2.45, 2.75) is 58.5 Å². The van der Waals surface area contributed by atoms with Gasteiger partial charge >= 0.3 is 5.97 Å². The van der Waals surface area contributed by atoms with Crippen LogP contribution in [0.1, 0.15) is 55.0 Å². The summed E-state index contributed by atoms with van der Waals surface area (Å²) in [5.74, 6) is 1.67. The summed E-state index contributed by atoms with van der Waals surface area (Å²) in [7, 11) is 0. The molecule has 2 aromatic heterocycles. The van der Waals surface area contributed by atoms with Crippen molar-refractivity contribution in [1.82, 2.24) is 14.7 Å². The van der Waals surface area contributed by atoms with Gasteiger partial charge in [-0.15, -0.1) is 0 Å². The number of carboxylic acid groups (broad SMARTS) is 1. The molecule has 136 valence electrons. The number of aromatic nitrogens is 2. The first-order valence-corrected chi connectivity index (χ1v) is 9.07. The lowest BCUT2D eigenvalue weighted by atomic mass is 10.0. The molecule has 3 heterocycles. The summed E-state index contributed by atoms with van der Waals surface area (Å²) in [5, 5.41) is 13.4. The summed E-state index contributed by atoms with van der Waals surface area (Å²) in [6.07, 6.45) is 2.78. The first kappa shape index (κ1) is 17.7. The van der Waals surface area contributed by atoms with E-state index in [4.69, 9.17) is 9.52 Å². The molecule has 2 aromatic rings. The van der Waals surface area contributed by atoms with E-state index in [-0.39, 0.29) is 6.42 Å². The van der Waals surface area contributed by atoms with Crippen molar-refractivity contribution in [2.75, 3.05) is 13.1 Å². The number of aliphatic carboxylic acids is 1. The minimum atomic E-state index is -0.771. The maximum atomic E-state index is 10.7. The van der Waals surface area contributed by atoms with E-state index in [0.29, 0.717) is 12.3 Å². The molecular weight excluding hydrogens is 318 g/mol. The summed E-state index contributed by atoms with van der Waals surface area (Å²) >= 11 is 0. The first-order valence-electron chi connectivity index (χ1n) is 9.07. The lowest BCUT2D eigenvalue weighted by molar-refractivity contribution is -0.136. The minimum absolute atomic E-state index is 0.139. The van der Waals surface area contributed by atoms with Crippen molar-refractivity contribution in [3.05, 3.63) is 41.1 Å². The molecule has 1 atom stereocenters. The van der Waals surface area contributed by atoms with E-state index in [0.717, 1.165) is 56.2 Å². The van der Waals surface area contributed by atoms with E-state index in [1.165, 1.54) is 5.69 Å². The number of carbonyl (C=O) groups is 1. The largest absolute Gasteiger partial charge is 0.481 e. The van der Waals surface area contributed by atoms with Gasteiger partial charge in [-0.3, -0.25) is 14.4 Å². The molecule has 0 saturated carbocycles. The summed E-state index contributed by atoms with van der Waals surface area (Å²) in [5.41, 5.74) is 2.08. The molecule has 0 aromatic carbocycles. The van der Waals surface area contributed by atoms with Crippen molar-refractivity contribution in [3.8, 4) is 0 Å². The second-order valence-electron chi connectivity index (χ2n) is 7.01. The van der Waals surface area contributed by atoms with Gasteiger partial charge in [0, 0.05) is 32.0 Å². The van der Waals surface area contributed by atoms with Gasteiger partial charge in [-0.1, -0.05) is 6.92 Å². The van der Waals surface area contributed by atoms with E-state index >= 15 is 0 Å². The molecule has 0 amide bonds. The zero-order chi connectivity index (χ0) is 17.8. The van der Waals surface area contributed by atoms with Gasteiger partial charge in [-0.25, -0.2) is 0 Å². The average molecular weight is 345 g/mol. The zero-order valence-electron chi connectivity index (χ0n) is 15.1. The SMILES string of the molecule is Cc1ccc([C@H](C)CCN2CCCn3nc(CCC(=O)O)cc3C2)o1. The number of aryl methyl sites for hydroxylation is 3. The Morgan fingerprint density at radius 3 is 2.96 bits per heavy atom. The van der Waals surface area contributed by atoms with Gasteiger partial charge in [-0.2, -0.15) is 5.10 Å². The molecule has 1 aliphatic rings. The Labute approximate surface area is 148 Å². The number of rotatable bonds is 7. The quantitative estimate of drug-likeness (QED) is 0.834. The predicted octanol–water partition coefficient (Wildman–Crippen LogP) is 3.20. The van der Waals surface area contributed by atoms with E-state index in [9.17, 15) is 4.79 Å². The molecule has 0 fully saturated rings. The van der Waals surface area contributed by atoms with E-state index in [2.05, 4.69) is 33.7 Å². The molecule has 0 unspecified atom stereocenters. The summed E-state index contributed by atoms with van der Waals surface area (Å²) in [6, 6.07) is 6.17. The third kappa shape index (κ3) is 4.72. The Balaban J connectivity index is 1.56. The standard InChI is InChI=1S/C19H27N3O3/c1-14(18-6-4-15(2)25-18)8-11-21-9-3-10-22-17(13-21)12-16(20-22)5-7-19(23)24/h4,6,12,14H,3,5,7-11,13H2,1-2H3,(H,23,24)/t14-/m1/s1. The van der Waals surface area contributed by atoms with Gasteiger partial charge in [-0.05, 0) is 44.5 Å². The highest BCUT2D eigenvalue weighted by Gasteiger charge is 2.18. The number of furan rings is 1. The van der Waals surface area contributed by atoms with Crippen molar-refractivity contribution in [3.63, 3.8) is 0 Å². The fourth-order valence-electron chi connectivity index (χ4n) is 3.37. The van der Waals surface area contributed by atoms with Crippen LogP contribution in [0.5, 0.6) is 0 Å². The topological polar surface area (TPSA) is 71.5 Å². The molecule has 25 heavy (non-hydrogen) atoms. The number of hydrogen-bond acceptors (Lipinski definition) is 4. The van der Waals surface area contributed by atoms with Crippen molar-refractivity contribution >= 4 is 5.97 Å².